The summed E-state index contributed by atoms with van der Waals surface area (Å²) < 4.78 is 0. The molecule has 0 bridgehead atoms. The molecule has 1 atom stereocenters. The molecule has 0 fully saturated rings. The number of hydrogen-bond acceptors (Lipinski definition) is 2. The van der Waals surface area contributed by atoms with Gasteiger partial charge in [0.05, 0.1) is 12.0 Å². The van der Waals surface area contributed by atoms with Crippen LogP contribution in [-0.2, 0) is 10.3 Å². The average molecular weight is 235 g/mol. The Kier molecular flexibility index (Phi) is 4.29. The molecule has 1 rings (SSSR count). The summed E-state index contributed by atoms with van der Waals surface area (Å²) in [5.74, 6) is -0.306. The first kappa shape index (κ1) is 13.7. The summed E-state index contributed by atoms with van der Waals surface area (Å²) in [5.41, 5.74) is 1.76. The highest BCUT2D eigenvalue weighted by molar-refractivity contribution is 5.68. The zero-order valence-electron chi connectivity index (χ0n) is 10.9. The molecule has 3 nitrogen and oxygen atoms in total. The summed E-state index contributed by atoms with van der Waals surface area (Å²) in [5, 5.41) is 12.0. The van der Waals surface area contributed by atoms with E-state index in [4.69, 9.17) is 5.11 Å². The van der Waals surface area contributed by atoms with Crippen LogP contribution in [0.25, 0.3) is 0 Å². The van der Waals surface area contributed by atoms with Gasteiger partial charge in [0.1, 0.15) is 0 Å². The van der Waals surface area contributed by atoms with E-state index in [1.54, 1.807) is 7.05 Å². The predicted octanol–water partition coefficient (Wildman–Crippen LogP) is 2.72. The van der Waals surface area contributed by atoms with Crippen LogP contribution in [0.3, 0.4) is 0 Å². The Labute approximate surface area is 103 Å². The first-order valence-electron chi connectivity index (χ1n) is 5.90. The molecule has 0 aromatic heterocycles. The Morgan fingerprint density at radius 1 is 1.35 bits per heavy atom. The van der Waals surface area contributed by atoms with Crippen LogP contribution in [0.5, 0.6) is 0 Å². The monoisotopic (exact) mass is 235 g/mol. The zero-order valence-corrected chi connectivity index (χ0v) is 10.9. The summed E-state index contributed by atoms with van der Waals surface area (Å²) in [4.78, 5) is 10.9. The molecule has 3 heteroatoms. The summed E-state index contributed by atoms with van der Waals surface area (Å²) in [6.45, 7) is 6.19. The number of hydrogen-bond donors (Lipinski definition) is 2. The van der Waals surface area contributed by atoms with Crippen molar-refractivity contribution in [3.05, 3.63) is 35.4 Å². The minimum absolute atomic E-state index is 0.0739. The summed E-state index contributed by atoms with van der Waals surface area (Å²) in [7, 11) is 1.79. The normalized spacial score (nSPS) is 14.6. The third kappa shape index (κ3) is 3.30. The topological polar surface area (TPSA) is 49.3 Å². The second kappa shape index (κ2) is 5.32. The summed E-state index contributed by atoms with van der Waals surface area (Å²) in [6.07, 6.45) is 0.0739. The molecule has 0 aliphatic carbocycles. The van der Waals surface area contributed by atoms with Gasteiger partial charge < -0.3 is 10.4 Å². The van der Waals surface area contributed by atoms with E-state index >= 15 is 0 Å². The molecule has 0 saturated heterocycles. The molecular weight excluding hydrogens is 214 g/mol. The fraction of sp³-hybridized carbons (Fsp3) is 0.500. The van der Waals surface area contributed by atoms with Crippen LogP contribution in [-0.4, -0.2) is 18.1 Å². The van der Waals surface area contributed by atoms with Crippen molar-refractivity contribution >= 4 is 5.97 Å². The van der Waals surface area contributed by atoms with Crippen molar-refractivity contribution in [1.82, 2.24) is 5.32 Å². The van der Waals surface area contributed by atoms with Crippen molar-refractivity contribution in [1.29, 1.82) is 0 Å². The third-order valence-electron chi connectivity index (χ3n) is 3.27. The van der Waals surface area contributed by atoms with Crippen molar-refractivity contribution in [2.24, 2.45) is 0 Å². The molecule has 1 aromatic carbocycles. The van der Waals surface area contributed by atoms with Gasteiger partial charge in [-0.1, -0.05) is 38.1 Å². The molecule has 0 saturated carbocycles. The van der Waals surface area contributed by atoms with E-state index in [9.17, 15) is 4.79 Å². The lowest BCUT2D eigenvalue weighted by molar-refractivity contribution is -0.138. The van der Waals surface area contributed by atoms with Gasteiger partial charge in [0, 0.05) is 0 Å². The highest BCUT2D eigenvalue weighted by Gasteiger charge is 2.27. The van der Waals surface area contributed by atoms with E-state index in [0.717, 1.165) is 5.56 Å². The Bertz CT molecular complexity index is 384. The van der Waals surface area contributed by atoms with E-state index in [1.807, 2.05) is 19.1 Å². The number of rotatable bonds is 5. The summed E-state index contributed by atoms with van der Waals surface area (Å²) >= 11 is 0. The number of nitrogens with one attached hydrogen (secondary N) is 1. The van der Waals surface area contributed by atoms with Gasteiger partial charge in [-0.15, -0.1) is 0 Å². The molecule has 0 amide bonds. The van der Waals surface area contributed by atoms with Gasteiger partial charge in [-0.25, -0.2) is 0 Å². The fourth-order valence-corrected chi connectivity index (χ4v) is 1.87. The van der Waals surface area contributed by atoms with Crippen LogP contribution in [0.2, 0.25) is 0 Å². The Balaban J connectivity index is 3.00. The fourth-order valence-electron chi connectivity index (χ4n) is 1.87. The number of benzene rings is 1. The number of carboxylic acids is 1. The number of carbonyl (C=O) groups is 1. The molecular formula is C14H21NO2. The van der Waals surface area contributed by atoms with Crippen LogP contribution in [0.15, 0.2) is 24.3 Å². The molecule has 0 spiro atoms. The zero-order chi connectivity index (χ0) is 13.1. The van der Waals surface area contributed by atoms with Gasteiger partial charge in [0.2, 0.25) is 0 Å². The molecule has 17 heavy (non-hydrogen) atoms. The van der Waals surface area contributed by atoms with Crippen molar-refractivity contribution < 1.29 is 9.90 Å². The van der Waals surface area contributed by atoms with Gasteiger partial charge in [-0.05, 0) is 31.0 Å². The third-order valence-corrected chi connectivity index (χ3v) is 3.27. The van der Waals surface area contributed by atoms with Gasteiger partial charge >= 0.3 is 5.97 Å². The quantitative estimate of drug-likeness (QED) is 0.825. The van der Waals surface area contributed by atoms with Gasteiger partial charge in [-0.3, -0.25) is 4.79 Å². The first-order chi connectivity index (χ1) is 7.89. The van der Waals surface area contributed by atoms with Crippen LogP contribution in [0.4, 0.5) is 0 Å². The molecule has 94 valence electrons. The van der Waals surface area contributed by atoms with E-state index < -0.39 is 11.5 Å². The first-order valence-corrected chi connectivity index (χ1v) is 5.90. The van der Waals surface area contributed by atoms with Crippen molar-refractivity contribution in [2.45, 2.75) is 38.6 Å². The van der Waals surface area contributed by atoms with Crippen LogP contribution >= 0.6 is 0 Å². The SMILES string of the molecule is CNC(C)(CC(=O)O)c1ccc(C(C)C)cc1. The maximum atomic E-state index is 10.9. The van der Waals surface area contributed by atoms with Gasteiger partial charge in [0.25, 0.3) is 0 Å². The molecule has 2 N–H and O–H groups in total. The molecule has 1 aromatic rings. The standard InChI is InChI=1S/C14H21NO2/c1-10(2)11-5-7-12(8-6-11)14(3,15-4)9-13(16)17/h5-8,10,15H,9H2,1-4H3,(H,16,17). The second-order valence-electron chi connectivity index (χ2n) is 4.93. The van der Waals surface area contributed by atoms with Crippen LogP contribution in [0, 0.1) is 0 Å². The lowest BCUT2D eigenvalue weighted by atomic mass is 9.87. The lowest BCUT2D eigenvalue weighted by Crippen LogP contribution is -2.38. The van der Waals surface area contributed by atoms with E-state index in [1.165, 1.54) is 5.56 Å². The Hall–Kier alpha value is -1.35. The molecule has 1 unspecified atom stereocenters. The van der Waals surface area contributed by atoms with E-state index in [2.05, 4.69) is 31.3 Å². The van der Waals surface area contributed by atoms with Gasteiger partial charge in [0.15, 0.2) is 0 Å². The molecule has 0 aliphatic heterocycles. The molecule has 0 aliphatic rings. The number of aliphatic carboxylic acids is 1. The molecule has 0 radical (unpaired) electrons. The van der Waals surface area contributed by atoms with Crippen LogP contribution in [0.1, 0.15) is 44.2 Å². The Morgan fingerprint density at radius 2 is 1.88 bits per heavy atom. The predicted molar refractivity (Wildman–Crippen MR) is 69.2 cm³/mol. The Morgan fingerprint density at radius 3 is 2.24 bits per heavy atom. The smallest absolute Gasteiger partial charge is 0.305 e. The highest BCUT2D eigenvalue weighted by atomic mass is 16.4. The van der Waals surface area contributed by atoms with Gasteiger partial charge in [-0.2, -0.15) is 0 Å². The second-order valence-corrected chi connectivity index (χ2v) is 4.93. The van der Waals surface area contributed by atoms with Crippen molar-refractivity contribution in [3.63, 3.8) is 0 Å². The maximum absolute atomic E-state index is 10.9. The minimum atomic E-state index is -0.796. The van der Waals surface area contributed by atoms with Crippen LogP contribution < -0.4 is 5.32 Å². The largest absolute Gasteiger partial charge is 0.481 e. The van der Waals surface area contributed by atoms with Crippen molar-refractivity contribution in [3.8, 4) is 0 Å². The maximum Gasteiger partial charge on any atom is 0.305 e. The van der Waals surface area contributed by atoms with E-state index in [0.29, 0.717) is 5.92 Å². The lowest BCUT2D eigenvalue weighted by Gasteiger charge is -2.28. The van der Waals surface area contributed by atoms with Crippen molar-refractivity contribution in [2.75, 3.05) is 7.05 Å². The minimum Gasteiger partial charge on any atom is -0.481 e. The molecule has 0 heterocycles. The van der Waals surface area contributed by atoms with E-state index in [-0.39, 0.29) is 6.42 Å². The average Bonchev–Trinajstić information content (AvgIpc) is 2.28. The highest BCUT2D eigenvalue weighted by Crippen LogP contribution is 2.26. The number of carboxylic acid groups (broad SMARTS) is 1. The summed E-state index contributed by atoms with van der Waals surface area (Å²) in [6, 6.07) is 8.15.